The fraction of sp³-hybridized carbons (Fsp3) is 0.625. The second-order valence-corrected chi connectivity index (χ2v) is 5.75. The number of rotatable bonds is 5. The van der Waals surface area contributed by atoms with Crippen LogP contribution in [0, 0.1) is 17.0 Å². The van der Waals surface area contributed by atoms with E-state index < -0.39 is 11.6 Å². The maximum absolute atomic E-state index is 13.8. The van der Waals surface area contributed by atoms with Crippen LogP contribution in [0.4, 0.5) is 8.78 Å². The molecule has 1 aromatic rings. The SMILES string of the molecule is CCNCC1(Cc2ccc(F)cc2F)CCCCC1. The lowest BCUT2D eigenvalue weighted by molar-refractivity contribution is 0.180. The largest absolute Gasteiger partial charge is 0.316 e. The second kappa shape index (κ2) is 6.47. The lowest BCUT2D eigenvalue weighted by Crippen LogP contribution is -2.38. The highest BCUT2D eigenvalue weighted by Crippen LogP contribution is 2.39. The van der Waals surface area contributed by atoms with Crippen LogP contribution >= 0.6 is 0 Å². The van der Waals surface area contributed by atoms with E-state index in [1.54, 1.807) is 6.07 Å². The van der Waals surface area contributed by atoms with Crippen molar-refractivity contribution in [2.45, 2.75) is 45.4 Å². The molecule has 1 aliphatic rings. The van der Waals surface area contributed by atoms with Crippen molar-refractivity contribution < 1.29 is 8.78 Å². The number of benzene rings is 1. The lowest BCUT2D eigenvalue weighted by Gasteiger charge is -2.38. The molecule has 0 amide bonds. The molecule has 3 heteroatoms. The number of halogens is 2. The average Bonchev–Trinajstić information content (AvgIpc) is 2.41. The van der Waals surface area contributed by atoms with Gasteiger partial charge in [-0.3, -0.25) is 0 Å². The molecule has 106 valence electrons. The second-order valence-electron chi connectivity index (χ2n) is 5.75. The predicted molar refractivity (Wildman–Crippen MR) is 74.1 cm³/mol. The molecule has 1 aliphatic carbocycles. The topological polar surface area (TPSA) is 12.0 Å². The van der Waals surface area contributed by atoms with Gasteiger partial charge in [0.15, 0.2) is 0 Å². The average molecular weight is 267 g/mol. The Labute approximate surface area is 114 Å². The highest BCUT2D eigenvalue weighted by Gasteiger charge is 2.32. The predicted octanol–water partition coefficient (Wildman–Crippen LogP) is 4.07. The van der Waals surface area contributed by atoms with Crippen LogP contribution in [0.2, 0.25) is 0 Å². The van der Waals surface area contributed by atoms with Crippen LogP contribution < -0.4 is 5.32 Å². The molecule has 0 heterocycles. The lowest BCUT2D eigenvalue weighted by atomic mass is 9.70. The zero-order valence-electron chi connectivity index (χ0n) is 11.6. The van der Waals surface area contributed by atoms with Gasteiger partial charge in [0, 0.05) is 12.6 Å². The molecule has 1 N–H and O–H groups in total. The van der Waals surface area contributed by atoms with Crippen molar-refractivity contribution >= 4 is 0 Å². The molecule has 1 saturated carbocycles. The first-order valence-electron chi connectivity index (χ1n) is 7.30. The van der Waals surface area contributed by atoms with E-state index in [-0.39, 0.29) is 5.41 Å². The molecule has 0 unspecified atom stereocenters. The Kier molecular flexibility index (Phi) is 4.92. The smallest absolute Gasteiger partial charge is 0.129 e. The molecule has 2 rings (SSSR count). The van der Waals surface area contributed by atoms with Gasteiger partial charge in [0.2, 0.25) is 0 Å². The van der Waals surface area contributed by atoms with E-state index in [1.807, 2.05) is 0 Å². The van der Waals surface area contributed by atoms with Crippen LogP contribution in [0.5, 0.6) is 0 Å². The summed E-state index contributed by atoms with van der Waals surface area (Å²) in [6.07, 6.45) is 6.70. The van der Waals surface area contributed by atoms with Gasteiger partial charge < -0.3 is 5.32 Å². The molecule has 19 heavy (non-hydrogen) atoms. The Morgan fingerprint density at radius 2 is 1.89 bits per heavy atom. The summed E-state index contributed by atoms with van der Waals surface area (Å²) in [5.74, 6) is -0.896. The van der Waals surface area contributed by atoms with Gasteiger partial charge in [-0.15, -0.1) is 0 Å². The van der Waals surface area contributed by atoms with Gasteiger partial charge >= 0.3 is 0 Å². The van der Waals surface area contributed by atoms with E-state index in [2.05, 4.69) is 12.2 Å². The molecular weight excluding hydrogens is 244 g/mol. The van der Waals surface area contributed by atoms with E-state index in [9.17, 15) is 8.78 Å². The van der Waals surface area contributed by atoms with Crippen LogP contribution in [-0.2, 0) is 6.42 Å². The van der Waals surface area contributed by atoms with Crippen LogP contribution in [0.15, 0.2) is 18.2 Å². The molecule has 0 bridgehead atoms. The molecule has 0 spiro atoms. The zero-order chi connectivity index (χ0) is 13.7. The third-order valence-electron chi connectivity index (χ3n) is 4.24. The minimum Gasteiger partial charge on any atom is -0.316 e. The van der Waals surface area contributed by atoms with E-state index >= 15 is 0 Å². The Morgan fingerprint density at radius 3 is 2.53 bits per heavy atom. The van der Waals surface area contributed by atoms with E-state index in [1.165, 1.54) is 25.3 Å². The van der Waals surface area contributed by atoms with E-state index in [0.717, 1.165) is 32.0 Å². The molecule has 0 saturated heterocycles. The summed E-state index contributed by atoms with van der Waals surface area (Å²) in [6, 6.07) is 3.97. The summed E-state index contributed by atoms with van der Waals surface area (Å²) in [7, 11) is 0. The van der Waals surface area contributed by atoms with Gasteiger partial charge in [0.1, 0.15) is 11.6 Å². The number of nitrogens with one attached hydrogen (secondary N) is 1. The van der Waals surface area contributed by atoms with E-state index in [0.29, 0.717) is 12.0 Å². The van der Waals surface area contributed by atoms with Gasteiger partial charge in [-0.25, -0.2) is 8.78 Å². The summed E-state index contributed by atoms with van der Waals surface area (Å²) in [5, 5.41) is 3.41. The normalized spacial score (nSPS) is 18.5. The molecule has 1 fully saturated rings. The fourth-order valence-electron chi connectivity index (χ4n) is 3.18. The van der Waals surface area contributed by atoms with Crippen molar-refractivity contribution in [2.75, 3.05) is 13.1 Å². The highest BCUT2D eigenvalue weighted by atomic mass is 19.1. The van der Waals surface area contributed by atoms with Gasteiger partial charge in [0.25, 0.3) is 0 Å². The summed E-state index contributed by atoms with van der Waals surface area (Å²) < 4.78 is 26.8. The molecule has 0 aliphatic heterocycles. The summed E-state index contributed by atoms with van der Waals surface area (Å²) >= 11 is 0. The Morgan fingerprint density at radius 1 is 1.16 bits per heavy atom. The minimum atomic E-state index is -0.495. The molecule has 1 nitrogen and oxygen atoms in total. The molecule has 0 atom stereocenters. The van der Waals surface area contributed by atoms with Crippen LogP contribution in [0.3, 0.4) is 0 Å². The Hall–Kier alpha value is -0.960. The van der Waals surface area contributed by atoms with E-state index in [4.69, 9.17) is 0 Å². The minimum absolute atomic E-state index is 0.146. The molecular formula is C16H23F2N. The first-order chi connectivity index (χ1) is 9.15. The van der Waals surface area contributed by atoms with Gasteiger partial charge in [-0.1, -0.05) is 32.3 Å². The quantitative estimate of drug-likeness (QED) is 0.848. The fourth-order valence-corrected chi connectivity index (χ4v) is 3.18. The maximum Gasteiger partial charge on any atom is 0.129 e. The summed E-state index contributed by atoms with van der Waals surface area (Å²) in [5.41, 5.74) is 0.800. The maximum atomic E-state index is 13.8. The van der Waals surface area contributed by atoms with Gasteiger partial charge in [0.05, 0.1) is 0 Å². The van der Waals surface area contributed by atoms with Crippen LogP contribution in [0.1, 0.15) is 44.6 Å². The van der Waals surface area contributed by atoms with Gasteiger partial charge in [-0.2, -0.15) is 0 Å². The highest BCUT2D eigenvalue weighted by molar-refractivity contribution is 5.20. The third kappa shape index (κ3) is 3.75. The Balaban J connectivity index is 2.14. The van der Waals surface area contributed by atoms with Crippen molar-refractivity contribution in [3.8, 4) is 0 Å². The monoisotopic (exact) mass is 267 g/mol. The third-order valence-corrected chi connectivity index (χ3v) is 4.24. The summed E-state index contributed by atoms with van der Waals surface area (Å²) in [4.78, 5) is 0. The van der Waals surface area contributed by atoms with Crippen molar-refractivity contribution in [1.82, 2.24) is 5.32 Å². The Bertz CT molecular complexity index is 411. The summed E-state index contributed by atoms with van der Waals surface area (Å²) in [6.45, 7) is 3.96. The molecule has 0 radical (unpaired) electrons. The van der Waals surface area contributed by atoms with Crippen molar-refractivity contribution in [1.29, 1.82) is 0 Å². The standard InChI is InChI=1S/C16H23F2N/c1-2-19-12-16(8-4-3-5-9-16)11-13-6-7-14(17)10-15(13)18/h6-7,10,19H,2-5,8-9,11-12H2,1H3. The number of hydrogen-bond acceptors (Lipinski definition) is 1. The first-order valence-corrected chi connectivity index (χ1v) is 7.30. The van der Waals surface area contributed by atoms with Crippen molar-refractivity contribution in [3.05, 3.63) is 35.4 Å². The number of hydrogen-bond donors (Lipinski definition) is 1. The van der Waals surface area contributed by atoms with Crippen LogP contribution in [0.25, 0.3) is 0 Å². The molecule has 1 aromatic carbocycles. The van der Waals surface area contributed by atoms with Crippen molar-refractivity contribution in [2.24, 2.45) is 5.41 Å². The molecule has 0 aromatic heterocycles. The zero-order valence-corrected chi connectivity index (χ0v) is 11.6. The first kappa shape index (κ1) is 14.4. The van der Waals surface area contributed by atoms with Gasteiger partial charge in [-0.05, 0) is 42.9 Å². The van der Waals surface area contributed by atoms with Crippen LogP contribution in [-0.4, -0.2) is 13.1 Å². The van der Waals surface area contributed by atoms with Crippen molar-refractivity contribution in [3.63, 3.8) is 0 Å².